The van der Waals surface area contributed by atoms with Crippen molar-refractivity contribution in [2.24, 2.45) is 0 Å². The first-order valence-electron chi connectivity index (χ1n) is 11.6. The van der Waals surface area contributed by atoms with Gasteiger partial charge in [-0.15, -0.1) is 0 Å². The number of anilines is 1. The van der Waals surface area contributed by atoms with E-state index in [1.807, 2.05) is 89.8 Å². The number of nitrogens with one attached hydrogen (secondary N) is 1. The summed E-state index contributed by atoms with van der Waals surface area (Å²) < 4.78 is 5.98. The number of ether oxygens (including phenoxy) is 1. The van der Waals surface area contributed by atoms with Crippen molar-refractivity contribution < 1.29 is 9.53 Å². The Morgan fingerprint density at radius 1 is 0.765 bits per heavy atom. The smallest absolute Gasteiger partial charge is 0.258 e. The second-order valence-corrected chi connectivity index (χ2v) is 8.73. The van der Waals surface area contributed by atoms with Crippen LogP contribution in [0.2, 0.25) is 0 Å². The first-order chi connectivity index (χ1) is 16.6. The van der Waals surface area contributed by atoms with E-state index >= 15 is 0 Å². The lowest BCUT2D eigenvalue weighted by atomic mass is 9.93. The van der Waals surface area contributed by atoms with Gasteiger partial charge in [0.05, 0.1) is 12.2 Å². The third kappa shape index (κ3) is 4.40. The van der Waals surface area contributed by atoms with E-state index in [2.05, 4.69) is 36.5 Å². The monoisotopic (exact) mass is 448 g/mol. The Kier molecular flexibility index (Phi) is 6.05. The predicted molar refractivity (Wildman–Crippen MR) is 136 cm³/mol. The van der Waals surface area contributed by atoms with Crippen LogP contribution in [-0.4, -0.2) is 17.4 Å². The van der Waals surface area contributed by atoms with Gasteiger partial charge < -0.3 is 15.0 Å². The van der Waals surface area contributed by atoms with E-state index in [0.29, 0.717) is 18.7 Å². The summed E-state index contributed by atoms with van der Waals surface area (Å²) in [6.45, 7) is 3.19. The second kappa shape index (κ2) is 9.44. The van der Waals surface area contributed by atoms with Crippen molar-refractivity contribution in [3.63, 3.8) is 0 Å². The Balaban J connectivity index is 1.39. The van der Waals surface area contributed by atoms with Gasteiger partial charge in [-0.1, -0.05) is 84.9 Å². The Hall–Kier alpha value is -4.05. The van der Waals surface area contributed by atoms with Crippen LogP contribution < -0.4 is 10.1 Å². The minimum Gasteiger partial charge on any atom is -0.493 e. The third-order valence-corrected chi connectivity index (χ3v) is 6.42. The highest BCUT2D eigenvalue weighted by atomic mass is 16.5. The van der Waals surface area contributed by atoms with Crippen molar-refractivity contribution in [2.75, 3.05) is 11.9 Å². The molecule has 4 heteroatoms. The van der Waals surface area contributed by atoms with E-state index in [9.17, 15) is 4.79 Å². The average Bonchev–Trinajstić information content (AvgIpc) is 2.88. The molecule has 0 aliphatic carbocycles. The Morgan fingerprint density at radius 2 is 1.38 bits per heavy atom. The lowest BCUT2D eigenvalue weighted by molar-refractivity contribution is 0.0509. The molecule has 0 aromatic heterocycles. The van der Waals surface area contributed by atoms with Crippen LogP contribution in [-0.2, 0) is 18.6 Å². The van der Waals surface area contributed by atoms with E-state index in [4.69, 9.17) is 4.74 Å². The molecule has 4 aromatic rings. The van der Waals surface area contributed by atoms with Crippen molar-refractivity contribution >= 4 is 11.6 Å². The Morgan fingerprint density at radius 3 is 2.09 bits per heavy atom. The van der Waals surface area contributed by atoms with Gasteiger partial charge in [0.15, 0.2) is 0 Å². The fourth-order valence-electron chi connectivity index (χ4n) is 4.49. The molecule has 1 aliphatic rings. The van der Waals surface area contributed by atoms with Crippen LogP contribution >= 0.6 is 0 Å². The number of nitrogens with zero attached hydrogens (tertiary/aromatic N) is 1. The van der Waals surface area contributed by atoms with E-state index < -0.39 is 5.66 Å². The predicted octanol–water partition coefficient (Wildman–Crippen LogP) is 6.25. The maximum Gasteiger partial charge on any atom is 0.258 e. The van der Waals surface area contributed by atoms with E-state index in [-0.39, 0.29) is 5.91 Å². The minimum absolute atomic E-state index is 0.0175. The number of rotatable bonds is 7. The summed E-state index contributed by atoms with van der Waals surface area (Å²) in [7, 11) is 0. The number of hydrogen-bond acceptors (Lipinski definition) is 3. The molecule has 34 heavy (non-hydrogen) atoms. The first kappa shape index (κ1) is 21.8. The summed E-state index contributed by atoms with van der Waals surface area (Å²) in [5, 5.41) is 3.64. The zero-order chi connectivity index (χ0) is 23.4. The van der Waals surface area contributed by atoms with Crippen LogP contribution in [0.3, 0.4) is 0 Å². The maximum absolute atomic E-state index is 13.6. The quantitative estimate of drug-likeness (QED) is 0.363. The average molecular weight is 449 g/mol. The summed E-state index contributed by atoms with van der Waals surface area (Å²) in [6.07, 6.45) is 0.859. The topological polar surface area (TPSA) is 41.6 Å². The number of para-hydroxylation sites is 1. The molecule has 1 aliphatic heterocycles. The van der Waals surface area contributed by atoms with Gasteiger partial charge in [0.25, 0.3) is 5.91 Å². The fraction of sp³-hybridized carbons (Fsp3) is 0.167. The summed E-state index contributed by atoms with van der Waals surface area (Å²) in [4.78, 5) is 15.5. The molecule has 4 aromatic carbocycles. The van der Waals surface area contributed by atoms with Crippen LogP contribution in [0.15, 0.2) is 109 Å². The van der Waals surface area contributed by atoms with Crippen LogP contribution in [0.1, 0.15) is 34.0 Å². The zero-order valence-corrected chi connectivity index (χ0v) is 19.3. The van der Waals surface area contributed by atoms with Crippen LogP contribution in [0.25, 0.3) is 0 Å². The minimum atomic E-state index is -0.705. The number of carbonyl (C=O) groups is 1. The molecule has 1 amide bonds. The number of carbonyl (C=O) groups excluding carboxylic acids is 1. The van der Waals surface area contributed by atoms with E-state index in [0.717, 1.165) is 29.0 Å². The van der Waals surface area contributed by atoms with Crippen LogP contribution in [0.5, 0.6) is 5.75 Å². The van der Waals surface area contributed by atoms with Crippen molar-refractivity contribution in [1.82, 2.24) is 4.90 Å². The molecule has 0 radical (unpaired) electrons. The molecule has 1 atom stereocenters. The van der Waals surface area contributed by atoms with Gasteiger partial charge in [-0.3, -0.25) is 4.79 Å². The van der Waals surface area contributed by atoms with Crippen molar-refractivity contribution in [3.05, 3.63) is 131 Å². The van der Waals surface area contributed by atoms with Crippen molar-refractivity contribution in [2.45, 2.75) is 25.6 Å². The van der Waals surface area contributed by atoms with E-state index in [1.165, 1.54) is 5.56 Å². The molecular formula is C30H28N2O2. The maximum atomic E-state index is 13.6. The molecule has 0 bridgehead atoms. The highest BCUT2D eigenvalue weighted by Crippen LogP contribution is 2.39. The van der Waals surface area contributed by atoms with Crippen molar-refractivity contribution in [1.29, 1.82) is 0 Å². The highest BCUT2D eigenvalue weighted by molar-refractivity contribution is 6.02. The van der Waals surface area contributed by atoms with Gasteiger partial charge in [0.1, 0.15) is 11.4 Å². The standard InChI is InChI=1S/C30H28N2O2/c1-30(25-16-18-26(19-17-25)34-21-20-23-10-4-2-5-11-23)31-28-15-9-8-14-27(28)29(33)32(30)22-24-12-6-3-7-13-24/h2-19,31H,20-22H2,1H3. The van der Waals surface area contributed by atoms with E-state index in [1.54, 1.807) is 0 Å². The highest BCUT2D eigenvalue weighted by Gasteiger charge is 2.42. The van der Waals surface area contributed by atoms with Gasteiger partial charge >= 0.3 is 0 Å². The molecule has 4 nitrogen and oxygen atoms in total. The SMILES string of the molecule is CC1(c2ccc(OCCc3ccccc3)cc2)Nc2ccccc2C(=O)N1Cc1ccccc1. The molecule has 0 saturated heterocycles. The molecule has 0 fully saturated rings. The molecule has 0 spiro atoms. The molecule has 5 rings (SSSR count). The van der Waals surface area contributed by atoms with Crippen LogP contribution in [0.4, 0.5) is 5.69 Å². The fourth-order valence-corrected chi connectivity index (χ4v) is 4.49. The number of amides is 1. The molecule has 1 heterocycles. The molecule has 0 saturated carbocycles. The summed E-state index contributed by atoms with van der Waals surface area (Å²) in [6, 6.07) is 36.2. The lowest BCUT2D eigenvalue weighted by Gasteiger charge is -2.47. The molecule has 1 N–H and O–H groups in total. The van der Waals surface area contributed by atoms with Gasteiger partial charge in [-0.25, -0.2) is 0 Å². The second-order valence-electron chi connectivity index (χ2n) is 8.73. The lowest BCUT2D eigenvalue weighted by Crippen LogP contribution is -2.55. The Labute approximate surface area is 200 Å². The summed E-state index contributed by atoms with van der Waals surface area (Å²) >= 11 is 0. The van der Waals surface area contributed by atoms with Gasteiger partial charge in [0, 0.05) is 18.7 Å². The van der Waals surface area contributed by atoms with Gasteiger partial charge in [0.2, 0.25) is 0 Å². The van der Waals surface area contributed by atoms with Gasteiger partial charge in [-0.2, -0.15) is 0 Å². The molecule has 1 unspecified atom stereocenters. The van der Waals surface area contributed by atoms with Crippen LogP contribution in [0, 0.1) is 0 Å². The third-order valence-electron chi connectivity index (χ3n) is 6.42. The largest absolute Gasteiger partial charge is 0.493 e. The van der Waals surface area contributed by atoms with Crippen molar-refractivity contribution in [3.8, 4) is 5.75 Å². The number of hydrogen-bond donors (Lipinski definition) is 1. The zero-order valence-electron chi connectivity index (χ0n) is 19.3. The first-order valence-corrected chi connectivity index (χ1v) is 11.6. The molecule has 170 valence electrons. The number of fused-ring (bicyclic) bond motifs is 1. The van der Waals surface area contributed by atoms with Gasteiger partial charge in [-0.05, 0) is 47.9 Å². The molecular weight excluding hydrogens is 420 g/mol. The normalized spacial score (nSPS) is 17.1. The number of benzene rings is 4. The Bertz CT molecular complexity index is 1260. The summed E-state index contributed by atoms with van der Waals surface area (Å²) in [5.41, 5.74) is 4.18. The summed E-state index contributed by atoms with van der Waals surface area (Å²) in [5.74, 6) is 0.837.